The Morgan fingerprint density at radius 2 is 1.94 bits per heavy atom. The van der Waals surface area contributed by atoms with Gasteiger partial charge in [0.05, 0.1) is 0 Å². The minimum atomic E-state index is -0.0219. The largest absolute Gasteiger partial charge is 0.504 e. The minimum Gasteiger partial charge on any atom is -0.504 e. The molecular weight excluding hydrogens is 214 g/mol. The minimum absolute atomic E-state index is 0.000625. The molecule has 0 aromatic heterocycles. The summed E-state index contributed by atoms with van der Waals surface area (Å²) in [4.78, 5) is 0. The third-order valence-electron chi connectivity index (χ3n) is 3.49. The first-order valence-electron chi connectivity index (χ1n) is 6.16. The van der Waals surface area contributed by atoms with E-state index in [0.29, 0.717) is 5.92 Å². The third kappa shape index (κ3) is 2.39. The molecule has 3 N–H and O–H groups in total. The van der Waals surface area contributed by atoms with Crippen LogP contribution in [0.4, 0.5) is 0 Å². The second-order valence-corrected chi connectivity index (χ2v) is 5.87. The number of hydrogen-bond donors (Lipinski definition) is 3. The lowest BCUT2D eigenvalue weighted by molar-refractivity contribution is 0.394. The molecule has 94 valence electrons. The van der Waals surface area contributed by atoms with Crippen molar-refractivity contribution in [2.45, 2.75) is 38.5 Å². The lowest BCUT2D eigenvalue weighted by Crippen LogP contribution is -2.13. The van der Waals surface area contributed by atoms with Crippen LogP contribution < -0.4 is 5.32 Å². The Bertz CT molecular complexity index is 415. The fourth-order valence-corrected chi connectivity index (χ4v) is 2.31. The molecule has 3 heteroatoms. The number of hydrogen-bond acceptors (Lipinski definition) is 3. The SMILES string of the molecule is CC(C)(C)c1cc(O)c(O)c(C2CCNC2)c1. The van der Waals surface area contributed by atoms with Crippen LogP contribution in [-0.4, -0.2) is 23.3 Å². The molecule has 2 rings (SSSR count). The molecule has 1 heterocycles. The van der Waals surface area contributed by atoms with E-state index in [1.54, 1.807) is 6.07 Å². The highest BCUT2D eigenvalue weighted by atomic mass is 16.3. The summed E-state index contributed by atoms with van der Waals surface area (Å²) in [5, 5.41) is 23.1. The molecule has 3 nitrogen and oxygen atoms in total. The quantitative estimate of drug-likeness (QED) is 0.655. The van der Waals surface area contributed by atoms with Gasteiger partial charge in [-0.1, -0.05) is 26.8 Å². The van der Waals surface area contributed by atoms with Crippen molar-refractivity contribution in [2.24, 2.45) is 0 Å². The summed E-state index contributed by atoms with van der Waals surface area (Å²) >= 11 is 0. The summed E-state index contributed by atoms with van der Waals surface area (Å²) in [6.07, 6.45) is 1.01. The molecule has 0 radical (unpaired) electrons. The van der Waals surface area contributed by atoms with Crippen LogP contribution in [0.1, 0.15) is 44.2 Å². The molecule has 1 saturated heterocycles. The molecule has 0 saturated carbocycles. The van der Waals surface area contributed by atoms with Gasteiger partial charge in [0.15, 0.2) is 11.5 Å². The van der Waals surface area contributed by atoms with Gasteiger partial charge in [-0.2, -0.15) is 0 Å². The van der Waals surface area contributed by atoms with E-state index in [1.165, 1.54) is 0 Å². The predicted molar refractivity (Wildman–Crippen MR) is 68.7 cm³/mol. The zero-order valence-electron chi connectivity index (χ0n) is 10.7. The van der Waals surface area contributed by atoms with Crippen LogP contribution in [0, 0.1) is 0 Å². The van der Waals surface area contributed by atoms with Gasteiger partial charge in [0.1, 0.15) is 0 Å². The fourth-order valence-electron chi connectivity index (χ4n) is 2.31. The molecule has 17 heavy (non-hydrogen) atoms. The van der Waals surface area contributed by atoms with E-state index in [0.717, 1.165) is 30.6 Å². The lowest BCUT2D eigenvalue weighted by Gasteiger charge is -2.22. The Labute approximate surface area is 102 Å². The van der Waals surface area contributed by atoms with Crippen molar-refractivity contribution in [1.82, 2.24) is 5.32 Å². The van der Waals surface area contributed by atoms with Gasteiger partial charge in [-0.3, -0.25) is 0 Å². The second kappa shape index (κ2) is 4.22. The van der Waals surface area contributed by atoms with E-state index in [9.17, 15) is 10.2 Å². The van der Waals surface area contributed by atoms with Crippen LogP contribution in [0.5, 0.6) is 11.5 Å². The molecule has 1 unspecified atom stereocenters. The molecule has 1 aliphatic heterocycles. The van der Waals surface area contributed by atoms with Gasteiger partial charge < -0.3 is 15.5 Å². The van der Waals surface area contributed by atoms with Crippen molar-refractivity contribution in [3.05, 3.63) is 23.3 Å². The first kappa shape index (κ1) is 12.2. The average molecular weight is 235 g/mol. The van der Waals surface area contributed by atoms with Gasteiger partial charge in [0.2, 0.25) is 0 Å². The van der Waals surface area contributed by atoms with E-state index in [2.05, 4.69) is 26.1 Å². The Morgan fingerprint density at radius 3 is 2.47 bits per heavy atom. The van der Waals surface area contributed by atoms with E-state index < -0.39 is 0 Å². The van der Waals surface area contributed by atoms with Gasteiger partial charge in [0.25, 0.3) is 0 Å². The van der Waals surface area contributed by atoms with Crippen molar-refractivity contribution < 1.29 is 10.2 Å². The van der Waals surface area contributed by atoms with E-state index in [4.69, 9.17) is 0 Å². The van der Waals surface area contributed by atoms with Crippen LogP contribution in [0.25, 0.3) is 0 Å². The van der Waals surface area contributed by atoms with Gasteiger partial charge >= 0.3 is 0 Å². The molecule has 0 spiro atoms. The van der Waals surface area contributed by atoms with Crippen LogP contribution in [0.15, 0.2) is 12.1 Å². The molecule has 1 fully saturated rings. The average Bonchev–Trinajstić information content (AvgIpc) is 2.73. The van der Waals surface area contributed by atoms with Gasteiger partial charge in [-0.05, 0) is 30.0 Å². The number of rotatable bonds is 1. The monoisotopic (exact) mass is 235 g/mol. The molecule has 1 aromatic rings. The van der Waals surface area contributed by atoms with Crippen LogP contribution in [0.2, 0.25) is 0 Å². The maximum atomic E-state index is 9.97. The summed E-state index contributed by atoms with van der Waals surface area (Å²) in [5.41, 5.74) is 1.92. The summed E-state index contributed by atoms with van der Waals surface area (Å²) in [7, 11) is 0. The van der Waals surface area contributed by atoms with Crippen molar-refractivity contribution in [3.63, 3.8) is 0 Å². The molecule has 0 bridgehead atoms. The molecule has 1 atom stereocenters. The summed E-state index contributed by atoms with van der Waals surface area (Å²) < 4.78 is 0. The Hall–Kier alpha value is -1.22. The smallest absolute Gasteiger partial charge is 0.161 e. The molecule has 0 aliphatic carbocycles. The Morgan fingerprint density at radius 1 is 1.24 bits per heavy atom. The summed E-state index contributed by atoms with van der Waals surface area (Å²) in [5.74, 6) is 0.356. The number of phenolic OH excluding ortho intramolecular Hbond substituents is 2. The highest BCUT2D eigenvalue weighted by Crippen LogP contribution is 2.40. The van der Waals surface area contributed by atoms with Gasteiger partial charge in [-0.15, -0.1) is 0 Å². The second-order valence-electron chi connectivity index (χ2n) is 5.87. The molecular formula is C14H21NO2. The van der Waals surface area contributed by atoms with Crippen LogP contribution in [-0.2, 0) is 5.41 Å². The van der Waals surface area contributed by atoms with Crippen molar-refractivity contribution >= 4 is 0 Å². The maximum Gasteiger partial charge on any atom is 0.161 e. The van der Waals surface area contributed by atoms with Crippen LogP contribution in [0.3, 0.4) is 0 Å². The topological polar surface area (TPSA) is 52.5 Å². The maximum absolute atomic E-state index is 9.97. The summed E-state index contributed by atoms with van der Waals surface area (Å²) in [6.45, 7) is 8.17. The highest BCUT2D eigenvalue weighted by molar-refractivity contribution is 5.51. The molecule has 0 amide bonds. The zero-order valence-corrected chi connectivity index (χ0v) is 10.7. The van der Waals surface area contributed by atoms with Gasteiger partial charge in [0, 0.05) is 18.0 Å². The van der Waals surface area contributed by atoms with Crippen molar-refractivity contribution in [1.29, 1.82) is 0 Å². The fraction of sp³-hybridized carbons (Fsp3) is 0.571. The standard InChI is InChI=1S/C14H21NO2/c1-14(2,3)10-6-11(9-4-5-15-8-9)13(17)12(16)7-10/h6-7,9,15-17H,4-5,8H2,1-3H3. The number of aromatic hydroxyl groups is 2. The van der Waals surface area contributed by atoms with Crippen molar-refractivity contribution in [2.75, 3.05) is 13.1 Å². The third-order valence-corrected chi connectivity index (χ3v) is 3.49. The molecule has 1 aromatic carbocycles. The zero-order chi connectivity index (χ0) is 12.6. The van der Waals surface area contributed by atoms with E-state index in [1.807, 2.05) is 6.07 Å². The lowest BCUT2D eigenvalue weighted by atomic mass is 9.83. The van der Waals surface area contributed by atoms with Crippen LogP contribution >= 0.6 is 0 Å². The molecule has 1 aliphatic rings. The Balaban J connectivity index is 2.46. The van der Waals surface area contributed by atoms with Crippen molar-refractivity contribution in [3.8, 4) is 11.5 Å². The number of nitrogens with one attached hydrogen (secondary N) is 1. The number of benzene rings is 1. The first-order valence-corrected chi connectivity index (χ1v) is 6.16. The first-order chi connectivity index (χ1) is 7.89. The number of phenols is 2. The van der Waals surface area contributed by atoms with E-state index >= 15 is 0 Å². The summed E-state index contributed by atoms with van der Waals surface area (Å²) in [6, 6.07) is 3.70. The predicted octanol–water partition coefficient (Wildman–Crippen LogP) is 2.47. The van der Waals surface area contributed by atoms with Gasteiger partial charge in [-0.25, -0.2) is 0 Å². The normalized spacial score (nSPS) is 20.8. The highest BCUT2D eigenvalue weighted by Gasteiger charge is 2.24. The van der Waals surface area contributed by atoms with E-state index in [-0.39, 0.29) is 16.9 Å². The Kier molecular flexibility index (Phi) is 3.04.